The third-order valence-electron chi connectivity index (χ3n) is 5.80. The Morgan fingerprint density at radius 3 is 2.14 bits per heavy atom. The fourth-order valence-electron chi connectivity index (χ4n) is 4.20. The SMILES string of the molecule is CC(=O)C(NC1CCCN(C(=O)OC(C)C)c2ccc(Br)cc21)c1cc(C(F)(F)F)cc(C(F)(F)F)c1. The summed E-state index contributed by atoms with van der Waals surface area (Å²) in [6, 6.07) is 4.06. The molecule has 202 valence electrons. The molecule has 2 atom stereocenters. The highest BCUT2D eigenvalue weighted by Gasteiger charge is 2.38. The first kappa shape index (κ1) is 29.0. The summed E-state index contributed by atoms with van der Waals surface area (Å²) in [5.74, 6) is -0.663. The van der Waals surface area contributed by atoms with E-state index in [2.05, 4.69) is 21.2 Å². The number of carbonyl (C=O) groups excluding carboxylic acids is 2. The molecule has 0 saturated carbocycles. The van der Waals surface area contributed by atoms with Crippen molar-refractivity contribution in [2.24, 2.45) is 0 Å². The topological polar surface area (TPSA) is 58.6 Å². The third-order valence-corrected chi connectivity index (χ3v) is 6.30. The fraction of sp³-hybridized carbons (Fsp3) is 0.440. The van der Waals surface area contributed by atoms with Crippen molar-refractivity contribution in [3.8, 4) is 0 Å². The van der Waals surface area contributed by atoms with Gasteiger partial charge in [-0.3, -0.25) is 15.0 Å². The molecule has 3 rings (SSSR count). The minimum atomic E-state index is -5.05. The van der Waals surface area contributed by atoms with Crippen LogP contribution >= 0.6 is 15.9 Å². The molecule has 2 aromatic rings. The molecule has 0 fully saturated rings. The Labute approximate surface area is 218 Å². The van der Waals surface area contributed by atoms with Crippen molar-refractivity contribution in [2.75, 3.05) is 11.4 Å². The largest absolute Gasteiger partial charge is 0.446 e. The quantitative estimate of drug-likeness (QED) is 0.362. The van der Waals surface area contributed by atoms with Crippen molar-refractivity contribution in [1.29, 1.82) is 0 Å². The van der Waals surface area contributed by atoms with Crippen LogP contribution in [0.4, 0.5) is 36.8 Å². The maximum atomic E-state index is 13.4. The minimum Gasteiger partial charge on any atom is -0.446 e. The predicted molar refractivity (Wildman–Crippen MR) is 128 cm³/mol. The first-order valence-corrected chi connectivity index (χ1v) is 12.2. The Kier molecular flexibility index (Phi) is 8.63. The number of halogens is 7. The number of anilines is 1. The van der Waals surface area contributed by atoms with Gasteiger partial charge in [-0.2, -0.15) is 26.3 Å². The summed E-state index contributed by atoms with van der Waals surface area (Å²) in [5.41, 5.74) is -2.45. The molecule has 0 bridgehead atoms. The van der Waals surface area contributed by atoms with Crippen LogP contribution in [0.25, 0.3) is 0 Å². The fourth-order valence-corrected chi connectivity index (χ4v) is 4.58. The summed E-state index contributed by atoms with van der Waals surface area (Å²) < 4.78 is 86.6. The lowest BCUT2D eigenvalue weighted by atomic mass is 9.94. The van der Waals surface area contributed by atoms with E-state index in [0.29, 0.717) is 40.7 Å². The van der Waals surface area contributed by atoms with Crippen molar-refractivity contribution in [3.63, 3.8) is 0 Å². The lowest BCUT2D eigenvalue weighted by Crippen LogP contribution is -2.34. The van der Waals surface area contributed by atoms with E-state index in [1.807, 2.05) is 0 Å². The van der Waals surface area contributed by atoms with Gasteiger partial charge in [-0.25, -0.2) is 4.79 Å². The molecule has 5 nitrogen and oxygen atoms in total. The van der Waals surface area contributed by atoms with Crippen LogP contribution in [0.2, 0.25) is 0 Å². The lowest BCUT2D eigenvalue weighted by Gasteiger charge is -2.28. The predicted octanol–water partition coefficient (Wildman–Crippen LogP) is 7.59. The van der Waals surface area contributed by atoms with Crippen LogP contribution in [-0.2, 0) is 21.9 Å². The first-order chi connectivity index (χ1) is 17.1. The van der Waals surface area contributed by atoms with Gasteiger partial charge in [0.15, 0.2) is 5.78 Å². The number of carbonyl (C=O) groups is 2. The number of rotatable bonds is 5. The van der Waals surface area contributed by atoms with Gasteiger partial charge in [0.25, 0.3) is 0 Å². The van der Waals surface area contributed by atoms with E-state index in [1.165, 1.54) is 4.90 Å². The molecule has 2 unspecified atom stereocenters. The molecule has 1 N–H and O–H groups in total. The van der Waals surface area contributed by atoms with Crippen LogP contribution in [0.1, 0.15) is 68.0 Å². The Hall–Kier alpha value is -2.60. The molecule has 1 heterocycles. The number of amides is 1. The number of ketones is 1. The standard InChI is InChI=1S/C25H25BrF6N2O3/c1-13(2)37-23(36)34-8-4-5-20(19-12-18(26)6-7-21(19)34)33-22(14(3)35)15-9-16(24(27,28)29)11-17(10-15)25(30,31)32/h6-7,9-13,20,22,33H,4-5,8H2,1-3H3. The van der Waals surface area contributed by atoms with Gasteiger partial charge >= 0.3 is 18.4 Å². The zero-order valence-corrected chi connectivity index (χ0v) is 21.7. The van der Waals surface area contributed by atoms with E-state index in [4.69, 9.17) is 4.74 Å². The van der Waals surface area contributed by atoms with Crippen molar-refractivity contribution in [3.05, 3.63) is 63.1 Å². The third kappa shape index (κ3) is 7.04. The van der Waals surface area contributed by atoms with E-state index >= 15 is 0 Å². The summed E-state index contributed by atoms with van der Waals surface area (Å²) >= 11 is 3.36. The number of hydrogen-bond donors (Lipinski definition) is 1. The van der Waals surface area contributed by atoms with E-state index in [9.17, 15) is 35.9 Å². The van der Waals surface area contributed by atoms with Crippen LogP contribution in [-0.4, -0.2) is 24.5 Å². The summed E-state index contributed by atoms with van der Waals surface area (Å²) in [7, 11) is 0. The zero-order chi connectivity index (χ0) is 27.7. The molecule has 0 spiro atoms. The summed E-state index contributed by atoms with van der Waals surface area (Å²) in [5, 5.41) is 2.97. The Morgan fingerprint density at radius 1 is 1.03 bits per heavy atom. The zero-order valence-electron chi connectivity index (χ0n) is 20.1. The molecular weight excluding hydrogens is 570 g/mol. The molecule has 1 aliphatic rings. The van der Waals surface area contributed by atoms with Gasteiger partial charge in [0, 0.05) is 17.1 Å². The average molecular weight is 595 g/mol. The summed E-state index contributed by atoms with van der Waals surface area (Å²) in [4.78, 5) is 26.7. The van der Waals surface area contributed by atoms with Crippen LogP contribution in [0.3, 0.4) is 0 Å². The van der Waals surface area contributed by atoms with Gasteiger partial charge in [-0.05, 0) is 81.1 Å². The lowest BCUT2D eigenvalue weighted by molar-refractivity contribution is -0.143. The number of Topliss-reactive ketones (excluding diaryl/α,β-unsaturated/α-hetero) is 1. The molecule has 2 aromatic carbocycles. The number of ether oxygens (including phenoxy) is 1. The molecule has 0 aliphatic carbocycles. The summed E-state index contributed by atoms with van der Waals surface area (Å²) in [6.07, 6.45) is -10.3. The average Bonchev–Trinajstić information content (AvgIpc) is 2.94. The summed E-state index contributed by atoms with van der Waals surface area (Å²) in [6.45, 7) is 4.76. The van der Waals surface area contributed by atoms with Gasteiger partial charge in [0.1, 0.15) is 0 Å². The molecule has 12 heteroatoms. The van der Waals surface area contributed by atoms with Gasteiger partial charge in [0.05, 0.1) is 29.0 Å². The maximum absolute atomic E-state index is 13.4. The number of nitrogens with zero attached hydrogens (tertiary/aromatic N) is 1. The first-order valence-electron chi connectivity index (χ1n) is 11.4. The van der Waals surface area contributed by atoms with Crippen LogP contribution < -0.4 is 10.2 Å². The van der Waals surface area contributed by atoms with Gasteiger partial charge < -0.3 is 4.74 Å². The number of alkyl halides is 6. The van der Waals surface area contributed by atoms with Crippen LogP contribution in [0.5, 0.6) is 0 Å². The number of hydrogen-bond acceptors (Lipinski definition) is 4. The maximum Gasteiger partial charge on any atom is 0.416 e. The van der Waals surface area contributed by atoms with Crippen molar-refractivity contribution in [1.82, 2.24) is 5.32 Å². The minimum absolute atomic E-state index is 0.0248. The van der Waals surface area contributed by atoms with E-state index in [1.54, 1.807) is 32.0 Å². The molecule has 1 aliphatic heterocycles. The molecule has 37 heavy (non-hydrogen) atoms. The van der Waals surface area contributed by atoms with E-state index in [0.717, 1.165) is 6.92 Å². The Morgan fingerprint density at radius 2 is 1.62 bits per heavy atom. The van der Waals surface area contributed by atoms with Gasteiger partial charge in [-0.1, -0.05) is 15.9 Å². The van der Waals surface area contributed by atoms with Crippen molar-refractivity contribution < 1.29 is 40.7 Å². The van der Waals surface area contributed by atoms with Crippen LogP contribution in [0.15, 0.2) is 40.9 Å². The molecule has 0 radical (unpaired) electrons. The highest BCUT2D eigenvalue weighted by molar-refractivity contribution is 9.10. The van der Waals surface area contributed by atoms with Gasteiger partial charge in [0.2, 0.25) is 0 Å². The molecule has 0 aromatic heterocycles. The highest BCUT2D eigenvalue weighted by atomic mass is 79.9. The second-order valence-electron chi connectivity index (χ2n) is 9.03. The monoisotopic (exact) mass is 594 g/mol. The van der Waals surface area contributed by atoms with Crippen molar-refractivity contribution in [2.45, 2.75) is 64.2 Å². The Balaban J connectivity index is 2.07. The van der Waals surface area contributed by atoms with Crippen LogP contribution in [0, 0.1) is 0 Å². The number of benzene rings is 2. The van der Waals surface area contributed by atoms with Crippen molar-refractivity contribution >= 4 is 33.5 Å². The molecule has 1 amide bonds. The molecular formula is C25H25BrF6N2O3. The Bertz CT molecular complexity index is 1130. The highest BCUT2D eigenvalue weighted by Crippen LogP contribution is 2.40. The normalized spacial score (nSPS) is 17.3. The number of fused-ring (bicyclic) bond motifs is 1. The molecule has 0 saturated heterocycles. The second kappa shape index (κ2) is 11.0. The second-order valence-corrected chi connectivity index (χ2v) is 9.95. The van der Waals surface area contributed by atoms with E-state index < -0.39 is 53.0 Å². The smallest absolute Gasteiger partial charge is 0.416 e. The van der Waals surface area contributed by atoms with Gasteiger partial charge in [-0.15, -0.1) is 0 Å². The number of nitrogens with one attached hydrogen (secondary N) is 1. The van der Waals surface area contributed by atoms with E-state index in [-0.39, 0.29) is 18.7 Å².